The standard InChI is InChI=1S/C22H38O2/c1-2-6-17-13-15-22(16-14-17,19-7-4-3-5-8-19)20-11-9-18(10-12-20)21(23)24/h17-20H,2-16H2,1H3,(H,23,24)/t17-,18?,20?,22+. The van der Waals surface area contributed by atoms with E-state index in [9.17, 15) is 9.90 Å². The second-order valence-corrected chi connectivity index (χ2v) is 9.19. The Kier molecular flexibility index (Phi) is 6.27. The minimum absolute atomic E-state index is 0.0545. The fourth-order valence-corrected chi connectivity index (χ4v) is 6.65. The molecule has 0 unspecified atom stereocenters. The largest absolute Gasteiger partial charge is 0.481 e. The first-order valence-corrected chi connectivity index (χ1v) is 10.9. The number of hydrogen-bond donors (Lipinski definition) is 1. The molecule has 0 spiro atoms. The summed E-state index contributed by atoms with van der Waals surface area (Å²) in [6, 6.07) is 0. The highest BCUT2D eigenvalue weighted by molar-refractivity contribution is 5.70. The first-order chi connectivity index (χ1) is 11.7. The SMILES string of the molecule is CCC[C@H]1CC[C@@](C2CCCCC2)(C2CCC(C(=O)O)CC2)CC1. The number of hydrogen-bond acceptors (Lipinski definition) is 1. The third-order valence-electron chi connectivity index (χ3n) is 8.04. The van der Waals surface area contributed by atoms with Gasteiger partial charge in [0.15, 0.2) is 0 Å². The first kappa shape index (κ1) is 18.3. The molecule has 3 fully saturated rings. The van der Waals surface area contributed by atoms with Crippen LogP contribution >= 0.6 is 0 Å². The molecule has 0 aromatic carbocycles. The highest BCUT2D eigenvalue weighted by atomic mass is 16.4. The number of aliphatic carboxylic acids is 1. The molecule has 3 aliphatic carbocycles. The Balaban J connectivity index is 1.70. The summed E-state index contributed by atoms with van der Waals surface area (Å²) in [5.74, 6) is 2.13. The van der Waals surface area contributed by atoms with Crippen LogP contribution in [0.4, 0.5) is 0 Å². The molecule has 138 valence electrons. The Morgan fingerprint density at radius 1 is 0.875 bits per heavy atom. The van der Waals surface area contributed by atoms with Crippen molar-refractivity contribution in [2.24, 2.45) is 29.1 Å². The van der Waals surface area contributed by atoms with Crippen LogP contribution < -0.4 is 0 Å². The van der Waals surface area contributed by atoms with Crippen LogP contribution in [0.25, 0.3) is 0 Å². The Labute approximate surface area is 148 Å². The summed E-state index contributed by atoms with van der Waals surface area (Å²) in [5, 5.41) is 9.34. The molecule has 0 saturated heterocycles. The van der Waals surface area contributed by atoms with Crippen molar-refractivity contribution in [2.45, 2.75) is 103 Å². The summed E-state index contributed by atoms with van der Waals surface area (Å²) in [4.78, 5) is 11.3. The molecule has 3 saturated carbocycles. The van der Waals surface area contributed by atoms with E-state index in [-0.39, 0.29) is 5.92 Å². The van der Waals surface area contributed by atoms with E-state index in [1.807, 2.05) is 0 Å². The van der Waals surface area contributed by atoms with Crippen molar-refractivity contribution in [3.63, 3.8) is 0 Å². The van der Waals surface area contributed by atoms with Crippen LogP contribution in [0.5, 0.6) is 0 Å². The molecule has 0 aliphatic heterocycles. The average molecular weight is 335 g/mol. The lowest BCUT2D eigenvalue weighted by Crippen LogP contribution is -2.44. The molecule has 0 radical (unpaired) electrons. The van der Waals surface area contributed by atoms with E-state index in [1.54, 1.807) is 0 Å². The van der Waals surface area contributed by atoms with E-state index in [4.69, 9.17) is 0 Å². The number of carboxylic acid groups (broad SMARTS) is 1. The van der Waals surface area contributed by atoms with Crippen LogP contribution in [-0.4, -0.2) is 11.1 Å². The van der Waals surface area contributed by atoms with Gasteiger partial charge in [0.1, 0.15) is 0 Å². The molecule has 2 nitrogen and oxygen atoms in total. The van der Waals surface area contributed by atoms with Crippen LogP contribution in [0.15, 0.2) is 0 Å². The van der Waals surface area contributed by atoms with E-state index in [0.29, 0.717) is 5.41 Å². The third kappa shape index (κ3) is 3.83. The molecule has 1 N–H and O–H groups in total. The van der Waals surface area contributed by atoms with Gasteiger partial charge in [-0.25, -0.2) is 0 Å². The summed E-state index contributed by atoms with van der Waals surface area (Å²) in [6.07, 6.45) is 20.0. The van der Waals surface area contributed by atoms with Crippen molar-refractivity contribution in [3.05, 3.63) is 0 Å². The highest BCUT2D eigenvalue weighted by Crippen LogP contribution is 2.58. The van der Waals surface area contributed by atoms with E-state index in [1.165, 1.54) is 83.5 Å². The smallest absolute Gasteiger partial charge is 0.306 e. The van der Waals surface area contributed by atoms with Gasteiger partial charge in [0.25, 0.3) is 0 Å². The van der Waals surface area contributed by atoms with Crippen molar-refractivity contribution in [2.75, 3.05) is 0 Å². The van der Waals surface area contributed by atoms with Gasteiger partial charge in [-0.05, 0) is 87.4 Å². The van der Waals surface area contributed by atoms with Gasteiger partial charge in [-0.2, -0.15) is 0 Å². The highest BCUT2D eigenvalue weighted by Gasteiger charge is 2.48. The van der Waals surface area contributed by atoms with E-state index < -0.39 is 5.97 Å². The van der Waals surface area contributed by atoms with Gasteiger partial charge in [0.2, 0.25) is 0 Å². The normalized spacial score (nSPS) is 38.8. The minimum Gasteiger partial charge on any atom is -0.481 e. The molecule has 0 aromatic heterocycles. The summed E-state index contributed by atoms with van der Waals surface area (Å²) in [6.45, 7) is 2.33. The van der Waals surface area contributed by atoms with Crippen LogP contribution in [0.3, 0.4) is 0 Å². The van der Waals surface area contributed by atoms with Crippen molar-refractivity contribution < 1.29 is 9.90 Å². The quantitative estimate of drug-likeness (QED) is 0.628. The summed E-state index contributed by atoms with van der Waals surface area (Å²) < 4.78 is 0. The molecule has 0 heterocycles. The van der Waals surface area contributed by atoms with E-state index in [0.717, 1.165) is 30.6 Å². The monoisotopic (exact) mass is 334 g/mol. The maximum absolute atomic E-state index is 11.3. The Morgan fingerprint density at radius 3 is 2.00 bits per heavy atom. The van der Waals surface area contributed by atoms with Crippen LogP contribution in [0.2, 0.25) is 0 Å². The molecule has 0 aromatic rings. The summed E-state index contributed by atoms with van der Waals surface area (Å²) >= 11 is 0. The van der Waals surface area contributed by atoms with Crippen molar-refractivity contribution in [1.29, 1.82) is 0 Å². The Hall–Kier alpha value is -0.530. The fourth-order valence-electron chi connectivity index (χ4n) is 6.65. The van der Waals surface area contributed by atoms with Gasteiger partial charge in [0, 0.05) is 0 Å². The van der Waals surface area contributed by atoms with Crippen molar-refractivity contribution in [3.8, 4) is 0 Å². The minimum atomic E-state index is -0.549. The molecule has 3 rings (SSSR count). The molecular weight excluding hydrogens is 296 g/mol. The predicted octanol–water partition coefficient (Wildman–Crippen LogP) is 6.43. The molecule has 0 bridgehead atoms. The molecular formula is C22H38O2. The fraction of sp³-hybridized carbons (Fsp3) is 0.955. The van der Waals surface area contributed by atoms with Crippen LogP contribution in [0.1, 0.15) is 103 Å². The molecule has 24 heavy (non-hydrogen) atoms. The number of carboxylic acids is 1. The van der Waals surface area contributed by atoms with Gasteiger partial charge >= 0.3 is 5.97 Å². The van der Waals surface area contributed by atoms with Gasteiger partial charge in [0.05, 0.1) is 5.92 Å². The maximum atomic E-state index is 11.3. The molecule has 0 atom stereocenters. The Bertz CT molecular complexity index is 394. The van der Waals surface area contributed by atoms with Crippen molar-refractivity contribution >= 4 is 5.97 Å². The van der Waals surface area contributed by atoms with Gasteiger partial charge in [-0.1, -0.05) is 39.0 Å². The topological polar surface area (TPSA) is 37.3 Å². The predicted molar refractivity (Wildman–Crippen MR) is 99.0 cm³/mol. The van der Waals surface area contributed by atoms with Gasteiger partial charge < -0.3 is 5.11 Å². The number of carbonyl (C=O) groups is 1. The van der Waals surface area contributed by atoms with Crippen LogP contribution in [-0.2, 0) is 4.79 Å². The van der Waals surface area contributed by atoms with Crippen LogP contribution in [0, 0.1) is 29.1 Å². The maximum Gasteiger partial charge on any atom is 0.306 e. The zero-order chi connectivity index (χ0) is 17.0. The molecule has 3 aliphatic rings. The zero-order valence-electron chi connectivity index (χ0n) is 15.8. The molecule has 2 heteroatoms. The van der Waals surface area contributed by atoms with E-state index >= 15 is 0 Å². The number of rotatable bonds is 5. The Morgan fingerprint density at radius 2 is 1.46 bits per heavy atom. The third-order valence-corrected chi connectivity index (χ3v) is 8.04. The second-order valence-electron chi connectivity index (χ2n) is 9.19. The van der Waals surface area contributed by atoms with E-state index in [2.05, 4.69) is 6.92 Å². The lowest BCUT2D eigenvalue weighted by Gasteiger charge is -2.53. The van der Waals surface area contributed by atoms with Gasteiger partial charge in [-0.15, -0.1) is 0 Å². The summed E-state index contributed by atoms with van der Waals surface area (Å²) in [5.41, 5.74) is 0.578. The first-order valence-electron chi connectivity index (χ1n) is 10.9. The van der Waals surface area contributed by atoms with Gasteiger partial charge in [-0.3, -0.25) is 4.79 Å². The second kappa shape index (κ2) is 8.23. The average Bonchev–Trinajstić information content (AvgIpc) is 2.64. The summed E-state index contributed by atoms with van der Waals surface area (Å²) in [7, 11) is 0. The van der Waals surface area contributed by atoms with Crippen molar-refractivity contribution in [1.82, 2.24) is 0 Å². The lowest BCUT2D eigenvalue weighted by molar-refractivity contribution is -0.144. The zero-order valence-corrected chi connectivity index (χ0v) is 15.8. The lowest BCUT2D eigenvalue weighted by atomic mass is 9.52. The molecule has 0 amide bonds.